The van der Waals surface area contributed by atoms with Gasteiger partial charge in [-0.05, 0) is 66.8 Å². The van der Waals surface area contributed by atoms with Crippen LogP contribution in [-0.4, -0.2) is 123 Å². The van der Waals surface area contributed by atoms with Crippen LogP contribution >= 0.6 is 0 Å². The number of carbonyl (C=O) groups is 3. The summed E-state index contributed by atoms with van der Waals surface area (Å²) in [4.78, 5) is 47.8. The van der Waals surface area contributed by atoms with E-state index in [0.717, 1.165) is 50.0 Å². The molecular formula is C41H52N8O5. The second-order valence-corrected chi connectivity index (χ2v) is 14.2. The summed E-state index contributed by atoms with van der Waals surface area (Å²) in [5.41, 5.74) is 3.13. The molecule has 0 radical (unpaired) electrons. The van der Waals surface area contributed by atoms with Gasteiger partial charge in [-0.25, -0.2) is 4.79 Å². The molecule has 3 heterocycles. The van der Waals surface area contributed by atoms with E-state index in [9.17, 15) is 14.4 Å². The molecular weight excluding hydrogens is 685 g/mol. The summed E-state index contributed by atoms with van der Waals surface area (Å²) in [6.45, 7) is 7.82. The lowest BCUT2D eigenvalue weighted by molar-refractivity contribution is -0.144. The van der Waals surface area contributed by atoms with E-state index in [0.29, 0.717) is 50.6 Å². The maximum atomic E-state index is 13.9. The lowest BCUT2D eigenvalue weighted by Crippen LogP contribution is -2.59. The SMILES string of the molecule is CCOC(=O)CN1CCN(C(=O)NC2(c3ccccc3)CCN(CCC(CN(C)C(=O)c3cc([C@H]4C=NN=N4)ccc3OC)c3ccccc3)CC2)CC1. The summed E-state index contributed by atoms with van der Waals surface area (Å²) >= 11 is 0. The molecule has 2 atom stereocenters. The number of piperidine rings is 1. The third-order valence-corrected chi connectivity index (χ3v) is 10.8. The molecule has 286 valence electrons. The fourth-order valence-electron chi connectivity index (χ4n) is 7.67. The van der Waals surface area contributed by atoms with Crippen LogP contribution in [0.4, 0.5) is 4.79 Å². The number of nitrogens with zero attached hydrogens (tertiary/aromatic N) is 7. The van der Waals surface area contributed by atoms with Gasteiger partial charge in [-0.15, -0.1) is 5.10 Å². The fraction of sp³-hybridized carbons (Fsp3) is 0.463. The van der Waals surface area contributed by atoms with Crippen molar-refractivity contribution >= 4 is 24.1 Å². The van der Waals surface area contributed by atoms with Gasteiger partial charge in [0.05, 0.1) is 37.6 Å². The number of nitrogens with one attached hydrogen (secondary N) is 1. The molecule has 0 aromatic heterocycles. The Balaban J connectivity index is 1.09. The second-order valence-electron chi connectivity index (χ2n) is 14.2. The summed E-state index contributed by atoms with van der Waals surface area (Å²) in [5, 5.41) is 15.2. The largest absolute Gasteiger partial charge is 0.496 e. The monoisotopic (exact) mass is 736 g/mol. The first kappa shape index (κ1) is 38.6. The minimum atomic E-state index is -0.484. The number of likely N-dealkylation sites (N-methyl/N-ethyl adjacent to an activating group) is 1. The van der Waals surface area contributed by atoms with Gasteiger partial charge in [-0.3, -0.25) is 14.5 Å². The highest BCUT2D eigenvalue weighted by Crippen LogP contribution is 2.34. The Bertz CT molecular complexity index is 1760. The standard InChI is InChI=1S/C41H52N8O5/c1-4-54-38(50)30-48-23-25-49(26-24-48)40(52)43-41(34-13-9-6-10-14-34)18-21-47(22-19-41)20-17-33(31-11-7-5-8-12-31)29-46(2)39(51)35-27-32(15-16-37(35)53-3)36-28-42-45-44-36/h5-16,27-28,33,36H,4,17-26,29-30H2,1-3H3,(H,43,52)/t33?,36-/m1/s1. The van der Waals surface area contributed by atoms with Crippen molar-refractivity contribution in [2.24, 2.45) is 15.4 Å². The molecule has 13 heteroatoms. The molecule has 54 heavy (non-hydrogen) atoms. The van der Waals surface area contributed by atoms with E-state index in [2.05, 4.69) is 49.9 Å². The molecule has 2 fully saturated rings. The molecule has 1 N–H and O–H groups in total. The predicted molar refractivity (Wildman–Crippen MR) is 207 cm³/mol. The van der Waals surface area contributed by atoms with Crippen molar-refractivity contribution in [3.8, 4) is 5.75 Å². The molecule has 0 saturated carbocycles. The number of carbonyl (C=O) groups excluding carboxylic acids is 3. The zero-order valence-corrected chi connectivity index (χ0v) is 31.6. The molecule has 3 aromatic carbocycles. The molecule has 3 aromatic rings. The summed E-state index contributed by atoms with van der Waals surface area (Å²) < 4.78 is 10.7. The van der Waals surface area contributed by atoms with Crippen LogP contribution in [0.2, 0.25) is 0 Å². The van der Waals surface area contributed by atoms with Gasteiger partial charge in [0.1, 0.15) is 11.8 Å². The number of ether oxygens (including phenoxy) is 2. The number of amides is 3. The number of benzene rings is 3. The van der Waals surface area contributed by atoms with E-state index < -0.39 is 5.54 Å². The Labute approximate surface area is 318 Å². The van der Waals surface area contributed by atoms with Crippen molar-refractivity contribution in [2.45, 2.75) is 43.7 Å². The molecule has 13 nitrogen and oxygen atoms in total. The first-order valence-electron chi connectivity index (χ1n) is 18.9. The average molecular weight is 737 g/mol. The van der Waals surface area contributed by atoms with Gasteiger partial charge in [0.25, 0.3) is 5.91 Å². The quantitative estimate of drug-likeness (QED) is 0.222. The molecule has 3 amide bonds. The fourth-order valence-corrected chi connectivity index (χ4v) is 7.67. The molecule has 3 aliphatic heterocycles. The van der Waals surface area contributed by atoms with Crippen LogP contribution in [0.25, 0.3) is 0 Å². The van der Waals surface area contributed by atoms with Crippen molar-refractivity contribution in [1.82, 2.24) is 24.9 Å². The Kier molecular flexibility index (Phi) is 13.0. The number of hydrogen-bond acceptors (Lipinski definition) is 10. The highest BCUT2D eigenvalue weighted by atomic mass is 16.5. The minimum Gasteiger partial charge on any atom is -0.496 e. The number of esters is 1. The molecule has 1 unspecified atom stereocenters. The number of likely N-dealkylation sites (tertiary alicyclic amines) is 1. The van der Waals surface area contributed by atoms with Gasteiger partial charge in [-0.2, -0.15) is 5.11 Å². The normalized spacial score (nSPS) is 18.9. The number of rotatable bonds is 14. The number of urea groups is 1. The highest BCUT2D eigenvalue weighted by Gasteiger charge is 2.39. The topological polar surface area (TPSA) is 132 Å². The van der Waals surface area contributed by atoms with Crippen molar-refractivity contribution in [2.75, 3.05) is 79.7 Å². The minimum absolute atomic E-state index is 0.0668. The first-order valence-corrected chi connectivity index (χ1v) is 18.9. The van der Waals surface area contributed by atoms with Crippen LogP contribution in [-0.2, 0) is 15.1 Å². The Morgan fingerprint density at radius 1 is 0.926 bits per heavy atom. The Morgan fingerprint density at radius 3 is 2.28 bits per heavy atom. The maximum absolute atomic E-state index is 13.9. The molecule has 0 spiro atoms. The Hall–Kier alpha value is -5.14. The molecule has 6 rings (SSSR count). The number of hydrogen-bond donors (Lipinski definition) is 1. The zero-order valence-electron chi connectivity index (χ0n) is 31.6. The van der Waals surface area contributed by atoms with E-state index in [4.69, 9.17) is 9.47 Å². The van der Waals surface area contributed by atoms with Gasteiger partial charge in [0.15, 0.2) is 0 Å². The van der Waals surface area contributed by atoms with Crippen LogP contribution in [0.5, 0.6) is 5.75 Å². The summed E-state index contributed by atoms with van der Waals surface area (Å²) in [7, 11) is 3.42. The first-order chi connectivity index (χ1) is 26.3. The van der Waals surface area contributed by atoms with Crippen molar-refractivity contribution in [1.29, 1.82) is 0 Å². The number of piperazine rings is 1. The van der Waals surface area contributed by atoms with Crippen molar-refractivity contribution in [3.05, 3.63) is 101 Å². The van der Waals surface area contributed by atoms with E-state index in [-0.39, 0.29) is 36.4 Å². The van der Waals surface area contributed by atoms with E-state index in [1.165, 1.54) is 5.56 Å². The summed E-state index contributed by atoms with van der Waals surface area (Å²) in [6.07, 6.45) is 4.07. The lowest BCUT2D eigenvalue weighted by Gasteiger charge is -2.44. The van der Waals surface area contributed by atoms with E-state index in [1.54, 1.807) is 31.2 Å². The lowest BCUT2D eigenvalue weighted by atomic mass is 9.80. The van der Waals surface area contributed by atoms with Crippen molar-refractivity contribution in [3.63, 3.8) is 0 Å². The van der Waals surface area contributed by atoms with Gasteiger partial charge < -0.3 is 29.5 Å². The Morgan fingerprint density at radius 2 is 1.63 bits per heavy atom. The maximum Gasteiger partial charge on any atom is 0.320 e. The van der Waals surface area contributed by atoms with Gasteiger partial charge in [-0.1, -0.05) is 66.7 Å². The van der Waals surface area contributed by atoms with Gasteiger partial charge >= 0.3 is 12.0 Å². The smallest absolute Gasteiger partial charge is 0.320 e. The second kappa shape index (κ2) is 18.3. The molecule has 3 aliphatic rings. The summed E-state index contributed by atoms with van der Waals surface area (Å²) in [5.74, 6) is 0.264. The van der Waals surface area contributed by atoms with E-state index >= 15 is 0 Å². The third-order valence-electron chi connectivity index (χ3n) is 10.8. The number of methoxy groups -OCH3 is 1. The van der Waals surface area contributed by atoms with Gasteiger partial charge in [0, 0.05) is 58.8 Å². The van der Waals surface area contributed by atoms with Crippen molar-refractivity contribution < 1.29 is 23.9 Å². The van der Waals surface area contributed by atoms with Crippen LogP contribution in [0.15, 0.2) is 94.3 Å². The summed E-state index contributed by atoms with van der Waals surface area (Å²) in [6, 6.07) is 25.8. The van der Waals surface area contributed by atoms with Crippen LogP contribution in [0.3, 0.4) is 0 Å². The molecule has 0 bridgehead atoms. The zero-order chi connectivity index (χ0) is 37.9. The average Bonchev–Trinajstić information content (AvgIpc) is 3.76. The van der Waals surface area contributed by atoms with Crippen LogP contribution < -0.4 is 10.1 Å². The molecule has 2 saturated heterocycles. The van der Waals surface area contributed by atoms with E-state index in [1.807, 2.05) is 65.4 Å². The van der Waals surface area contributed by atoms with Gasteiger partial charge in [0.2, 0.25) is 0 Å². The van der Waals surface area contributed by atoms with Crippen LogP contribution in [0.1, 0.15) is 65.2 Å². The predicted octanol–water partition coefficient (Wildman–Crippen LogP) is 5.32. The van der Waals surface area contributed by atoms with Crippen LogP contribution in [0, 0.1) is 0 Å². The third kappa shape index (κ3) is 9.50. The highest BCUT2D eigenvalue weighted by molar-refractivity contribution is 5.97. The molecule has 0 aliphatic carbocycles.